The molecule has 0 spiro atoms. The van der Waals surface area contributed by atoms with E-state index in [1.807, 2.05) is 36.6 Å². The Balaban J connectivity index is 1.64. The Morgan fingerprint density at radius 2 is 1.88 bits per heavy atom. The predicted octanol–water partition coefficient (Wildman–Crippen LogP) is 2.70. The van der Waals surface area contributed by atoms with Gasteiger partial charge in [-0.05, 0) is 43.7 Å². The van der Waals surface area contributed by atoms with Crippen molar-refractivity contribution in [3.63, 3.8) is 0 Å². The van der Waals surface area contributed by atoms with Gasteiger partial charge in [0.05, 0.1) is 13.2 Å². The van der Waals surface area contributed by atoms with Crippen LogP contribution in [0.25, 0.3) is 22.6 Å². The number of hydrogen-bond acceptors (Lipinski definition) is 8. The number of amides is 1. The van der Waals surface area contributed by atoms with Crippen molar-refractivity contribution in [2.24, 2.45) is 0 Å². The Morgan fingerprint density at radius 3 is 2.61 bits per heavy atom. The van der Waals surface area contributed by atoms with Gasteiger partial charge in [-0.3, -0.25) is 9.78 Å². The first-order valence-corrected chi connectivity index (χ1v) is 10.9. The highest BCUT2D eigenvalue weighted by atomic mass is 16.5. The van der Waals surface area contributed by atoms with Gasteiger partial charge in [-0.1, -0.05) is 0 Å². The Labute approximate surface area is 190 Å². The predicted molar refractivity (Wildman–Crippen MR) is 124 cm³/mol. The number of anilines is 2. The van der Waals surface area contributed by atoms with E-state index in [-0.39, 0.29) is 5.82 Å². The van der Waals surface area contributed by atoms with Crippen molar-refractivity contribution in [3.8, 4) is 11.4 Å². The first-order chi connectivity index (χ1) is 16.1. The monoisotopic (exact) mass is 444 g/mol. The summed E-state index contributed by atoms with van der Waals surface area (Å²) in [4.78, 5) is 37.8. The number of rotatable bonds is 5. The van der Waals surface area contributed by atoms with Gasteiger partial charge in [0, 0.05) is 43.8 Å². The molecular weight excluding hydrogens is 420 g/mol. The number of imidazole rings is 1. The summed E-state index contributed by atoms with van der Waals surface area (Å²) in [6, 6.07) is 7.49. The Kier molecular flexibility index (Phi) is 5.66. The van der Waals surface area contributed by atoms with Gasteiger partial charge < -0.3 is 19.5 Å². The van der Waals surface area contributed by atoms with Crippen molar-refractivity contribution in [2.75, 3.05) is 36.5 Å². The van der Waals surface area contributed by atoms with Crippen molar-refractivity contribution in [1.82, 2.24) is 29.5 Å². The molecule has 1 amide bonds. The minimum atomic E-state index is -0.418. The molecule has 4 aromatic heterocycles. The lowest BCUT2D eigenvalue weighted by Gasteiger charge is -2.28. The maximum atomic E-state index is 13.1. The van der Waals surface area contributed by atoms with E-state index in [0.717, 1.165) is 17.0 Å². The summed E-state index contributed by atoms with van der Waals surface area (Å²) in [5.41, 5.74) is 3.20. The second-order valence-electron chi connectivity index (χ2n) is 7.73. The molecule has 1 fully saturated rings. The summed E-state index contributed by atoms with van der Waals surface area (Å²) in [5, 5.41) is 2.81. The molecule has 0 saturated carbocycles. The number of nitrogens with one attached hydrogen (secondary N) is 1. The molecule has 1 N–H and O–H groups in total. The summed E-state index contributed by atoms with van der Waals surface area (Å²) in [7, 11) is 0. The second kappa shape index (κ2) is 8.91. The molecule has 1 saturated heterocycles. The zero-order valence-electron chi connectivity index (χ0n) is 18.5. The van der Waals surface area contributed by atoms with Crippen LogP contribution in [0.4, 0.5) is 11.6 Å². The van der Waals surface area contributed by atoms with Crippen molar-refractivity contribution in [3.05, 3.63) is 54.2 Å². The first-order valence-electron chi connectivity index (χ1n) is 10.9. The molecule has 0 unspecified atom stereocenters. The van der Waals surface area contributed by atoms with E-state index in [0.29, 0.717) is 55.6 Å². The van der Waals surface area contributed by atoms with Gasteiger partial charge in [0.25, 0.3) is 5.91 Å². The van der Waals surface area contributed by atoms with Gasteiger partial charge in [-0.25, -0.2) is 19.9 Å². The fraction of sp³-hybridized carbons (Fsp3) is 0.304. The highest BCUT2D eigenvalue weighted by Gasteiger charge is 2.25. The maximum absolute atomic E-state index is 13.1. The largest absolute Gasteiger partial charge is 0.378 e. The number of carbonyl (C=O) groups excluding carboxylic acids is 1. The zero-order chi connectivity index (χ0) is 22.8. The number of nitrogens with zero attached hydrogens (tertiary/aromatic N) is 7. The average molecular weight is 444 g/mol. The average Bonchev–Trinajstić information content (AvgIpc) is 3.23. The summed E-state index contributed by atoms with van der Waals surface area (Å²) in [5.74, 6) is 1.50. The van der Waals surface area contributed by atoms with Crippen LogP contribution in [0.15, 0.2) is 42.9 Å². The van der Waals surface area contributed by atoms with E-state index in [9.17, 15) is 4.79 Å². The molecule has 0 atom stereocenters. The van der Waals surface area contributed by atoms with Crippen LogP contribution in [0.1, 0.15) is 23.1 Å². The number of carbonyl (C=O) groups is 1. The fourth-order valence-corrected chi connectivity index (χ4v) is 3.88. The van der Waals surface area contributed by atoms with E-state index >= 15 is 0 Å². The molecule has 5 heterocycles. The number of fused-ring (bicyclic) bond motifs is 1. The third-order valence-electron chi connectivity index (χ3n) is 5.50. The molecule has 5 rings (SSSR count). The molecule has 1 aliphatic rings. The van der Waals surface area contributed by atoms with Crippen LogP contribution in [0, 0.1) is 6.92 Å². The van der Waals surface area contributed by atoms with E-state index < -0.39 is 5.91 Å². The van der Waals surface area contributed by atoms with E-state index in [4.69, 9.17) is 9.72 Å². The van der Waals surface area contributed by atoms with E-state index in [2.05, 4.69) is 30.2 Å². The minimum Gasteiger partial charge on any atom is -0.378 e. The summed E-state index contributed by atoms with van der Waals surface area (Å²) in [6.45, 7) is 7.11. The van der Waals surface area contributed by atoms with E-state index in [1.54, 1.807) is 24.7 Å². The van der Waals surface area contributed by atoms with Gasteiger partial charge in [-0.15, -0.1) is 0 Å². The minimum absolute atomic E-state index is 0.0724. The molecule has 1 aliphatic heterocycles. The topological polar surface area (TPSA) is 111 Å². The van der Waals surface area contributed by atoms with Crippen LogP contribution in [0.5, 0.6) is 0 Å². The van der Waals surface area contributed by atoms with Crippen LogP contribution >= 0.6 is 0 Å². The molecule has 0 aromatic carbocycles. The number of aromatic nitrogens is 6. The summed E-state index contributed by atoms with van der Waals surface area (Å²) >= 11 is 0. The van der Waals surface area contributed by atoms with Crippen LogP contribution in [0.3, 0.4) is 0 Å². The lowest BCUT2D eigenvalue weighted by Crippen LogP contribution is -2.37. The standard InChI is InChI=1S/C23H24N8O2/c1-3-31-20(16-5-7-24-8-6-16)27-18-21(30-10-12-33-13-11-30)28-19(29-22(18)31)23(32)26-17-14-15(2)4-9-25-17/h4-9,14H,3,10-13H2,1-2H3,(H,25,26,32). The molecular formula is C23H24N8O2. The van der Waals surface area contributed by atoms with Crippen molar-refractivity contribution < 1.29 is 9.53 Å². The molecule has 0 aliphatic carbocycles. The number of morpholine rings is 1. The Morgan fingerprint density at radius 1 is 1.09 bits per heavy atom. The quantitative estimate of drug-likeness (QED) is 0.500. The molecule has 168 valence electrons. The van der Waals surface area contributed by atoms with Gasteiger partial charge in [0.15, 0.2) is 17.0 Å². The molecule has 4 aromatic rings. The number of pyridine rings is 2. The van der Waals surface area contributed by atoms with Crippen molar-refractivity contribution in [1.29, 1.82) is 0 Å². The van der Waals surface area contributed by atoms with Gasteiger partial charge in [0.1, 0.15) is 11.6 Å². The van der Waals surface area contributed by atoms with Crippen LogP contribution in [0.2, 0.25) is 0 Å². The maximum Gasteiger partial charge on any atom is 0.294 e. The van der Waals surface area contributed by atoms with Crippen LogP contribution in [-0.4, -0.2) is 61.7 Å². The number of aryl methyl sites for hydroxylation is 2. The summed E-state index contributed by atoms with van der Waals surface area (Å²) < 4.78 is 7.51. The Hall–Kier alpha value is -3.92. The Bertz CT molecular complexity index is 1300. The number of ether oxygens (including phenoxy) is 1. The normalized spacial score (nSPS) is 13.9. The van der Waals surface area contributed by atoms with Crippen LogP contribution < -0.4 is 10.2 Å². The lowest BCUT2D eigenvalue weighted by atomic mass is 10.2. The smallest absolute Gasteiger partial charge is 0.294 e. The molecule has 10 nitrogen and oxygen atoms in total. The third-order valence-corrected chi connectivity index (χ3v) is 5.50. The number of hydrogen-bond donors (Lipinski definition) is 1. The molecule has 0 bridgehead atoms. The third kappa shape index (κ3) is 4.12. The highest BCUT2D eigenvalue weighted by Crippen LogP contribution is 2.29. The lowest BCUT2D eigenvalue weighted by molar-refractivity contribution is 0.101. The van der Waals surface area contributed by atoms with E-state index in [1.165, 1.54) is 0 Å². The van der Waals surface area contributed by atoms with Gasteiger partial charge in [-0.2, -0.15) is 0 Å². The van der Waals surface area contributed by atoms with Gasteiger partial charge >= 0.3 is 0 Å². The van der Waals surface area contributed by atoms with Gasteiger partial charge in [0.2, 0.25) is 5.82 Å². The zero-order valence-corrected chi connectivity index (χ0v) is 18.5. The second-order valence-corrected chi connectivity index (χ2v) is 7.73. The highest BCUT2D eigenvalue weighted by molar-refractivity contribution is 6.03. The summed E-state index contributed by atoms with van der Waals surface area (Å²) in [6.07, 6.45) is 5.12. The SMILES string of the molecule is CCn1c(-c2ccncc2)nc2c(N3CCOCC3)nc(C(=O)Nc3cc(C)ccn3)nc21. The fourth-order valence-electron chi connectivity index (χ4n) is 3.88. The molecule has 33 heavy (non-hydrogen) atoms. The molecule has 0 radical (unpaired) electrons. The van der Waals surface area contributed by atoms with Crippen molar-refractivity contribution in [2.45, 2.75) is 20.4 Å². The molecule has 10 heteroatoms. The first kappa shape index (κ1) is 21.0. The van der Waals surface area contributed by atoms with Crippen LogP contribution in [-0.2, 0) is 11.3 Å². The van der Waals surface area contributed by atoms with Crippen molar-refractivity contribution >= 4 is 28.7 Å².